The van der Waals surface area contributed by atoms with Gasteiger partial charge in [-0.05, 0) is 26.3 Å². The van der Waals surface area contributed by atoms with Crippen molar-refractivity contribution in [2.45, 2.75) is 20.8 Å². The van der Waals surface area contributed by atoms with E-state index in [0.717, 1.165) is 21.5 Å². The first-order valence-corrected chi connectivity index (χ1v) is 9.53. The van der Waals surface area contributed by atoms with Crippen LogP contribution in [0.2, 0.25) is 0 Å². The van der Waals surface area contributed by atoms with E-state index in [4.69, 9.17) is 0 Å². The summed E-state index contributed by atoms with van der Waals surface area (Å²) in [7, 11) is -2.85. The van der Waals surface area contributed by atoms with Crippen LogP contribution in [0.15, 0.2) is 72.8 Å². The summed E-state index contributed by atoms with van der Waals surface area (Å²) < 4.78 is 14.3. The molecule has 3 aromatic carbocycles. The molecule has 3 rings (SSSR count). The second-order valence-corrected chi connectivity index (χ2v) is 8.80. The highest BCUT2D eigenvalue weighted by Gasteiger charge is 2.30. The van der Waals surface area contributed by atoms with Crippen LogP contribution in [-0.4, -0.2) is 0 Å². The lowest BCUT2D eigenvalue weighted by atomic mass is 10.2. The largest absolute Gasteiger partial charge is 0.309 e. The van der Waals surface area contributed by atoms with Crippen LogP contribution in [0.25, 0.3) is 0 Å². The topological polar surface area (TPSA) is 17.1 Å². The highest BCUT2D eigenvalue weighted by atomic mass is 31.2. The zero-order chi connectivity index (χ0) is 16.4. The molecule has 0 radical (unpaired) electrons. The van der Waals surface area contributed by atoms with Gasteiger partial charge in [0.15, 0.2) is 7.14 Å². The maximum absolute atomic E-state index is 14.3. The lowest BCUT2D eigenvalue weighted by Gasteiger charge is -2.22. The summed E-state index contributed by atoms with van der Waals surface area (Å²) in [6, 6.07) is 24.1. The van der Waals surface area contributed by atoms with E-state index < -0.39 is 7.14 Å². The summed E-state index contributed by atoms with van der Waals surface area (Å²) in [5, 5.41) is 2.70. The Morgan fingerprint density at radius 2 is 1.04 bits per heavy atom. The van der Waals surface area contributed by atoms with Crippen molar-refractivity contribution in [1.29, 1.82) is 0 Å². The van der Waals surface area contributed by atoms with Crippen molar-refractivity contribution in [3.8, 4) is 0 Å². The Bertz CT molecular complexity index is 812. The van der Waals surface area contributed by atoms with E-state index in [1.807, 2.05) is 93.6 Å². The fourth-order valence-electron chi connectivity index (χ4n) is 2.85. The van der Waals surface area contributed by atoms with Gasteiger partial charge in [-0.2, -0.15) is 0 Å². The molecular formula is C21H21OP. The van der Waals surface area contributed by atoms with E-state index in [9.17, 15) is 4.57 Å². The molecular weight excluding hydrogens is 299 g/mol. The predicted octanol–water partition coefficient (Wildman–Crippen LogP) is 4.25. The Balaban J connectivity index is 2.29. The molecule has 0 unspecified atom stereocenters. The number of aryl methyl sites for hydroxylation is 3. The minimum absolute atomic E-state index is 0.890. The maximum Gasteiger partial charge on any atom is 0.171 e. The van der Waals surface area contributed by atoms with Gasteiger partial charge in [0.2, 0.25) is 0 Å². The van der Waals surface area contributed by atoms with Gasteiger partial charge in [0, 0.05) is 15.9 Å². The third-order valence-electron chi connectivity index (χ3n) is 4.25. The number of rotatable bonds is 3. The third kappa shape index (κ3) is 2.90. The van der Waals surface area contributed by atoms with Crippen molar-refractivity contribution in [3.63, 3.8) is 0 Å². The summed E-state index contributed by atoms with van der Waals surface area (Å²) in [5.41, 5.74) is 3.42. The van der Waals surface area contributed by atoms with E-state index in [1.54, 1.807) is 0 Å². The third-order valence-corrected chi connectivity index (χ3v) is 7.48. The molecule has 0 spiro atoms. The maximum atomic E-state index is 14.3. The van der Waals surface area contributed by atoms with Gasteiger partial charge in [0.25, 0.3) is 0 Å². The lowest BCUT2D eigenvalue weighted by Crippen LogP contribution is -2.26. The fourth-order valence-corrected chi connectivity index (χ4v) is 5.71. The monoisotopic (exact) mass is 320 g/mol. The van der Waals surface area contributed by atoms with Crippen molar-refractivity contribution < 1.29 is 4.57 Å². The molecule has 0 aliphatic rings. The van der Waals surface area contributed by atoms with Crippen LogP contribution in [0.5, 0.6) is 0 Å². The van der Waals surface area contributed by atoms with Crippen LogP contribution in [0, 0.1) is 20.8 Å². The van der Waals surface area contributed by atoms with Gasteiger partial charge in [-0.1, -0.05) is 83.9 Å². The zero-order valence-electron chi connectivity index (χ0n) is 13.8. The Labute approximate surface area is 138 Å². The van der Waals surface area contributed by atoms with Gasteiger partial charge < -0.3 is 4.57 Å². The highest BCUT2D eigenvalue weighted by Crippen LogP contribution is 2.43. The van der Waals surface area contributed by atoms with Gasteiger partial charge in [-0.15, -0.1) is 0 Å². The molecule has 0 saturated heterocycles. The molecule has 0 amide bonds. The molecule has 0 bridgehead atoms. The Morgan fingerprint density at radius 3 is 1.48 bits per heavy atom. The normalized spacial score (nSPS) is 11.4. The Kier molecular flexibility index (Phi) is 4.24. The summed E-state index contributed by atoms with van der Waals surface area (Å²) in [6.07, 6.45) is 0. The van der Waals surface area contributed by atoms with Crippen molar-refractivity contribution >= 4 is 23.1 Å². The fraction of sp³-hybridized carbons (Fsp3) is 0.143. The van der Waals surface area contributed by atoms with Crippen molar-refractivity contribution in [2.24, 2.45) is 0 Å². The number of hydrogen-bond acceptors (Lipinski definition) is 1. The Morgan fingerprint density at radius 1 is 0.609 bits per heavy atom. The first-order valence-electron chi connectivity index (χ1n) is 7.82. The number of benzene rings is 3. The van der Waals surface area contributed by atoms with E-state index in [1.165, 1.54) is 11.1 Å². The van der Waals surface area contributed by atoms with Crippen LogP contribution < -0.4 is 15.9 Å². The average molecular weight is 320 g/mol. The zero-order valence-corrected chi connectivity index (χ0v) is 14.7. The second kappa shape index (κ2) is 6.18. The standard InChI is InChI=1S/C21H21OP/c1-16-8-12-19(13-9-16)23(22,20-14-10-17(2)11-15-20)21-7-5-4-6-18(21)3/h4-15H,1-3H3. The van der Waals surface area contributed by atoms with Gasteiger partial charge >= 0.3 is 0 Å². The summed E-state index contributed by atoms with van der Waals surface area (Å²) in [5.74, 6) is 0. The van der Waals surface area contributed by atoms with E-state index >= 15 is 0 Å². The predicted molar refractivity (Wildman–Crippen MR) is 100 cm³/mol. The number of hydrogen-bond donors (Lipinski definition) is 0. The van der Waals surface area contributed by atoms with E-state index in [-0.39, 0.29) is 0 Å². The second-order valence-electron chi connectivity index (χ2n) is 6.07. The van der Waals surface area contributed by atoms with Gasteiger partial charge in [-0.3, -0.25) is 0 Å². The van der Waals surface area contributed by atoms with Crippen LogP contribution in [-0.2, 0) is 4.57 Å². The molecule has 0 fully saturated rings. The van der Waals surface area contributed by atoms with Crippen molar-refractivity contribution in [3.05, 3.63) is 89.5 Å². The SMILES string of the molecule is Cc1ccc(P(=O)(c2ccc(C)cc2)c2ccccc2C)cc1. The summed E-state index contributed by atoms with van der Waals surface area (Å²) in [6.45, 7) is 6.13. The van der Waals surface area contributed by atoms with Crippen LogP contribution >= 0.6 is 7.14 Å². The molecule has 23 heavy (non-hydrogen) atoms. The lowest BCUT2D eigenvalue weighted by molar-refractivity contribution is 0.592. The summed E-state index contributed by atoms with van der Waals surface area (Å²) >= 11 is 0. The van der Waals surface area contributed by atoms with E-state index in [0.29, 0.717) is 0 Å². The molecule has 1 nitrogen and oxygen atoms in total. The van der Waals surface area contributed by atoms with Crippen LogP contribution in [0.3, 0.4) is 0 Å². The van der Waals surface area contributed by atoms with Crippen LogP contribution in [0.1, 0.15) is 16.7 Å². The smallest absolute Gasteiger partial charge is 0.171 e. The highest BCUT2D eigenvalue weighted by molar-refractivity contribution is 7.85. The molecule has 0 aliphatic carbocycles. The summed E-state index contributed by atoms with van der Waals surface area (Å²) in [4.78, 5) is 0. The molecule has 0 aromatic heterocycles. The Hall–Kier alpha value is -2.11. The van der Waals surface area contributed by atoms with Gasteiger partial charge in [0.1, 0.15) is 0 Å². The molecule has 0 heterocycles. The van der Waals surface area contributed by atoms with E-state index in [2.05, 4.69) is 0 Å². The quantitative estimate of drug-likeness (QED) is 0.659. The first-order chi connectivity index (χ1) is 11.0. The molecule has 0 aliphatic heterocycles. The minimum Gasteiger partial charge on any atom is -0.309 e. The molecule has 2 heteroatoms. The van der Waals surface area contributed by atoms with Gasteiger partial charge in [0.05, 0.1) is 0 Å². The van der Waals surface area contributed by atoms with Crippen molar-refractivity contribution in [2.75, 3.05) is 0 Å². The average Bonchev–Trinajstić information content (AvgIpc) is 2.56. The van der Waals surface area contributed by atoms with Crippen LogP contribution in [0.4, 0.5) is 0 Å². The minimum atomic E-state index is -2.85. The first kappa shape index (κ1) is 15.8. The molecule has 116 valence electrons. The van der Waals surface area contributed by atoms with Crippen molar-refractivity contribution in [1.82, 2.24) is 0 Å². The molecule has 0 atom stereocenters. The molecule has 0 N–H and O–H groups in total. The molecule has 0 saturated carbocycles. The molecule has 3 aromatic rings. The van der Waals surface area contributed by atoms with Gasteiger partial charge in [-0.25, -0.2) is 0 Å².